The smallest absolute Gasteiger partial charge is 0.246 e. The number of amides is 1. The molecule has 0 spiro atoms. The number of nitrogens with one attached hydrogen (secondary N) is 1. The van der Waals surface area contributed by atoms with E-state index in [-0.39, 0.29) is 19.0 Å². The van der Waals surface area contributed by atoms with Crippen molar-refractivity contribution in [2.24, 2.45) is 0 Å². The van der Waals surface area contributed by atoms with Crippen LogP contribution >= 0.6 is 11.6 Å². The van der Waals surface area contributed by atoms with Gasteiger partial charge in [-0.1, -0.05) is 47.5 Å². The van der Waals surface area contributed by atoms with Crippen molar-refractivity contribution in [1.29, 1.82) is 0 Å². The maximum atomic E-state index is 14.1. The minimum Gasteiger partial charge on any atom is -0.322 e. The highest BCUT2D eigenvalue weighted by molar-refractivity contribution is 6.31. The monoisotopic (exact) mass is 488 g/mol. The van der Waals surface area contributed by atoms with E-state index in [0.29, 0.717) is 21.9 Å². The highest BCUT2D eigenvalue weighted by Gasteiger charge is 2.17. The second kappa shape index (κ2) is 9.31. The molecule has 0 aliphatic carbocycles. The number of hydrogen-bond acceptors (Lipinski definition) is 4. The molecule has 0 atom stereocenters. The first-order valence-corrected chi connectivity index (χ1v) is 11.4. The molecular formula is C26H22ClFN6O. The number of nitrogens with zero attached hydrogens (tertiary/aromatic N) is 5. The van der Waals surface area contributed by atoms with E-state index in [2.05, 4.69) is 45.6 Å². The van der Waals surface area contributed by atoms with E-state index in [4.69, 9.17) is 11.6 Å². The first-order chi connectivity index (χ1) is 16.9. The lowest BCUT2D eigenvalue weighted by Gasteiger charge is -2.07. The second-order valence-corrected chi connectivity index (χ2v) is 8.75. The number of hydrogen-bond donors (Lipinski definition) is 1. The van der Waals surface area contributed by atoms with Crippen LogP contribution in [0.15, 0.2) is 67.1 Å². The Balaban J connectivity index is 1.34. The van der Waals surface area contributed by atoms with E-state index in [1.807, 2.05) is 19.1 Å². The molecule has 5 rings (SSSR count). The molecule has 3 heterocycles. The summed E-state index contributed by atoms with van der Waals surface area (Å²) in [7, 11) is 0. The van der Waals surface area contributed by atoms with Crippen LogP contribution in [0, 0.1) is 19.7 Å². The van der Waals surface area contributed by atoms with Crippen molar-refractivity contribution in [3.8, 4) is 11.1 Å². The Labute approximate surface area is 206 Å². The number of aromatic nitrogens is 5. The van der Waals surface area contributed by atoms with Crippen LogP contribution in [0.4, 0.5) is 10.1 Å². The zero-order valence-corrected chi connectivity index (χ0v) is 19.9. The van der Waals surface area contributed by atoms with Gasteiger partial charge >= 0.3 is 0 Å². The molecule has 1 N–H and O–H groups in total. The van der Waals surface area contributed by atoms with Crippen molar-refractivity contribution in [3.63, 3.8) is 0 Å². The number of carbonyl (C=O) groups is 1. The van der Waals surface area contributed by atoms with E-state index < -0.39 is 5.82 Å². The molecule has 0 radical (unpaired) electrons. The van der Waals surface area contributed by atoms with Crippen LogP contribution in [0.2, 0.25) is 5.02 Å². The Bertz CT molecular complexity index is 1540. The zero-order chi connectivity index (χ0) is 24.5. The molecule has 0 bridgehead atoms. The first kappa shape index (κ1) is 22.7. The van der Waals surface area contributed by atoms with Crippen LogP contribution in [0.25, 0.3) is 22.2 Å². The van der Waals surface area contributed by atoms with Gasteiger partial charge in [-0.3, -0.25) is 9.48 Å². The van der Waals surface area contributed by atoms with Crippen LogP contribution in [0.1, 0.15) is 16.8 Å². The number of halogens is 2. The fourth-order valence-electron chi connectivity index (χ4n) is 4.14. The van der Waals surface area contributed by atoms with Gasteiger partial charge in [-0.05, 0) is 43.2 Å². The molecule has 1 amide bonds. The van der Waals surface area contributed by atoms with E-state index in [9.17, 15) is 9.18 Å². The minimum atomic E-state index is -0.406. The number of benzene rings is 2. The topological polar surface area (TPSA) is 77.6 Å². The third kappa shape index (κ3) is 4.65. The number of carbonyl (C=O) groups excluding carboxylic acids is 1. The SMILES string of the molecule is Cc1cccc(-c2ccnc3c2c(C)nn3CC(=O)Nc2cnn(Cc3c(F)cccc3Cl)c2)c1. The molecule has 5 aromatic rings. The van der Waals surface area contributed by atoms with Crippen LogP contribution in [-0.2, 0) is 17.9 Å². The predicted octanol–water partition coefficient (Wildman–Crippen LogP) is 5.39. The van der Waals surface area contributed by atoms with Crippen LogP contribution in [0.5, 0.6) is 0 Å². The van der Waals surface area contributed by atoms with E-state index >= 15 is 0 Å². The van der Waals surface area contributed by atoms with E-state index in [0.717, 1.165) is 27.8 Å². The van der Waals surface area contributed by atoms with Crippen molar-refractivity contribution in [3.05, 3.63) is 94.8 Å². The number of pyridine rings is 1. The number of anilines is 1. The molecule has 0 saturated heterocycles. The minimum absolute atomic E-state index is 0.0149. The van der Waals surface area contributed by atoms with E-state index in [1.54, 1.807) is 29.2 Å². The van der Waals surface area contributed by atoms with Crippen molar-refractivity contribution in [2.45, 2.75) is 26.9 Å². The number of aryl methyl sites for hydroxylation is 2. The van der Waals surface area contributed by atoms with Crippen molar-refractivity contribution < 1.29 is 9.18 Å². The average Bonchev–Trinajstić information content (AvgIpc) is 3.40. The number of rotatable bonds is 6. The van der Waals surface area contributed by atoms with Gasteiger partial charge in [0.2, 0.25) is 5.91 Å². The van der Waals surface area contributed by atoms with Crippen LogP contribution in [-0.4, -0.2) is 30.5 Å². The fraction of sp³-hybridized carbons (Fsp3) is 0.154. The summed E-state index contributed by atoms with van der Waals surface area (Å²) in [5.41, 5.74) is 5.53. The zero-order valence-electron chi connectivity index (χ0n) is 19.2. The van der Waals surface area contributed by atoms with Gasteiger partial charge in [-0.25, -0.2) is 14.1 Å². The summed E-state index contributed by atoms with van der Waals surface area (Å²) < 4.78 is 17.2. The molecule has 3 aromatic heterocycles. The summed E-state index contributed by atoms with van der Waals surface area (Å²) in [6, 6.07) is 14.7. The standard InChI is InChI=1S/C26H22ClFN6O/c1-16-5-3-6-18(11-16)20-9-10-29-26-25(20)17(2)32-34(26)15-24(35)31-19-12-30-33(13-19)14-21-22(27)7-4-8-23(21)28/h3-13H,14-15H2,1-2H3,(H,31,35). The molecule has 0 aliphatic heterocycles. The van der Waals surface area contributed by atoms with Crippen molar-refractivity contribution in [2.75, 3.05) is 5.32 Å². The van der Waals surface area contributed by atoms with Gasteiger partial charge in [0, 0.05) is 28.4 Å². The van der Waals surface area contributed by atoms with Crippen molar-refractivity contribution >= 4 is 34.2 Å². The lowest BCUT2D eigenvalue weighted by Crippen LogP contribution is -2.19. The lowest BCUT2D eigenvalue weighted by molar-refractivity contribution is -0.116. The normalized spacial score (nSPS) is 11.2. The molecule has 7 nitrogen and oxygen atoms in total. The summed E-state index contributed by atoms with van der Waals surface area (Å²) in [6.07, 6.45) is 4.86. The molecule has 0 aliphatic rings. The predicted molar refractivity (Wildman–Crippen MR) is 134 cm³/mol. The third-order valence-corrected chi connectivity index (χ3v) is 6.08. The molecule has 35 heavy (non-hydrogen) atoms. The molecule has 9 heteroatoms. The first-order valence-electron chi connectivity index (χ1n) is 11.0. The molecule has 0 unspecified atom stereocenters. The summed E-state index contributed by atoms with van der Waals surface area (Å²) in [6.45, 7) is 4.10. The summed E-state index contributed by atoms with van der Waals surface area (Å²) >= 11 is 6.10. The Morgan fingerprint density at radius 3 is 2.77 bits per heavy atom. The Morgan fingerprint density at radius 2 is 1.97 bits per heavy atom. The van der Waals surface area contributed by atoms with Gasteiger partial charge in [-0.2, -0.15) is 10.2 Å². The van der Waals surface area contributed by atoms with Gasteiger partial charge in [0.15, 0.2) is 5.65 Å². The second-order valence-electron chi connectivity index (χ2n) is 8.34. The summed E-state index contributed by atoms with van der Waals surface area (Å²) in [5, 5.41) is 12.8. The Morgan fingerprint density at radius 1 is 1.14 bits per heavy atom. The van der Waals surface area contributed by atoms with Gasteiger partial charge in [0.05, 0.1) is 24.1 Å². The van der Waals surface area contributed by atoms with Gasteiger partial charge < -0.3 is 5.32 Å². The molecular weight excluding hydrogens is 467 g/mol. The number of fused-ring (bicyclic) bond motifs is 1. The molecule has 0 saturated carbocycles. The van der Waals surface area contributed by atoms with Crippen LogP contribution < -0.4 is 5.32 Å². The summed E-state index contributed by atoms with van der Waals surface area (Å²) in [5.74, 6) is -0.683. The fourth-order valence-corrected chi connectivity index (χ4v) is 4.36. The highest BCUT2D eigenvalue weighted by atomic mass is 35.5. The molecule has 2 aromatic carbocycles. The van der Waals surface area contributed by atoms with E-state index in [1.165, 1.54) is 16.9 Å². The maximum absolute atomic E-state index is 14.1. The van der Waals surface area contributed by atoms with Crippen LogP contribution in [0.3, 0.4) is 0 Å². The Hall–Kier alpha value is -4.04. The lowest BCUT2D eigenvalue weighted by atomic mass is 10.0. The molecule has 176 valence electrons. The quantitative estimate of drug-likeness (QED) is 0.347. The van der Waals surface area contributed by atoms with Gasteiger partial charge in [0.25, 0.3) is 0 Å². The average molecular weight is 489 g/mol. The third-order valence-electron chi connectivity index (χ3n) is 5.73. The molecule has 0 fully saturated rings. The Kier molecular flexibility index (Phi) is 6.05. The van der Waals surface area contributed by atoms with Gasteiger partial charge in [0.1, 0.15) is 12.4 Å². The van der Waals surface area contributed by atoms with Gasteiger partial charge in [-0.15, -0.1) is 0 Å². The summed E-state index contributed by atoms with van der Waals surface area (Å²) in [4.78, 5) is 17.3. The largest absolute Gasteiger partial charge is 0.322 e. The maximum Gasteiger partial charge on any atom is 0.246 e. The highest BCUT2D eigenvalue weighted by Crippen LogP contribution is 2.30. The van der Waals surface area contributed by atoms with Crippen molar-refractivity contribution in [1.82, 2.24) is 24.5 Å².